The first-order chi connectivity index (χ1) is 13.3. The van der Waals surface area contributed by atoms with Crippen LogP contribution in [0.1, 0.15) is 24.5 Å². The molecule has 0 saturated carbocycles. The van der Waals surface area contributed by atoms with Crippen LogP contribution in [0, 0.1) is 0 Å². The van der Waals surface area contributed by atoms with Gasteiger partial charge in [-0.1, -0.05) is 0 Å². The van der Waals surface area contributed by atoms with Crippen LogP contribution in [0.25, 0.3) is 11.1 Å². The van der Waals surface area contributed by atoms with Crippen LogP contribution in [0.15, 0.2) is 92.1 Å². The third kappa shape index (κ3) is 3.15. The quantitative estimate of drug-likeness (QED) is 0.289. The molecule has 138 valence electrons. The molecule has 0 atom stereocenters. The van der Waals surface area contributed by atoms with Crippen molar-refractivity contribution in [2.45, 2.75) is 18.8 Å². The molecule has 0 fully saturated rings. The van der Waals surface area contributed by atoms with Crippen LogP contribution in [-0.2, 0) is 5.41 Å². The van der Waals surface area contributed by atoms with Crippen molar-refractivity contribution in [3.63, 3.8) is 0 Å². The summed E-state index contributed by atoms with van der Waals surface area (Å²) in [6.07, 6.45) is 10.7. The van der Waals surface area contributed by atoms with E-state index in [1.165, 1.54) is 33.4 Å². The first-order valence-electron chi connectivity index (χ1n) is 9.21. The topological polar surface area (TPSA) is 0 Å². The summed E-state index contributed by atoms with van der Waals surface area (Å²) in [6.45, 7) is 2.25. The molecule has 0 nitrogen and oxygen atoms in total. The number of alkyl halides is 1. The van der Waals surface area contributed by atoms with E-state index in [-0.39, 0.29) is 47.4 Å². The van der Waals surface area contributed by atoms with E-state index in [2.05, 4.69) is 96.9 Å². The number of hydrogen-bond donors (Lipinski definition) is 0. The molecule has 0 unspecified atom stereocenters. The Morgan fingerprint density at radius 3 is 2.26 bits per heavy atom. The van der Waals surface area contributed by atoms with Crippen molar-refractivity contribution in [3.8, 4) is 11.1 Å². The predicted molar refractivity (Wildman–Crippen MR) is 123 cm³/mol. The molecular weight excluding hydrogens is 554 g/mol. The van der Waals surface area contributed by atoms with Gasteiger partial charge in [0.1, 0.15) is 0 Å². The first kappa shape index (κ1) is 19.1. The van der Waals surface area contributed by atoms with Gasteiger partial charge in [-0.05, 0) is 0 Å². The molecule has 2 heteroatoms. The van der Waals surface area contributed by atoms with E-state index in [0.29, 0.717) is 0 Å². The maximum atomic E-state index is 2.44. The molecule has 0 radical (unpaired) electrons. The second-order valence-corrected chi connectivity index (χ2v) is 10.7. The molecule has 1 aliphatic carbocycles. The van der Waals surface area contributed by atoms with Gasteiger partial charge >= 0.3 is 184 Å². The van der Waals surface area contributed by atoms with Gasteiger partial charge in [0.05, 0.1) is 0 Å². The molecule has 2 aliphatic rings. The van der Waals surface area contributed by atoms with Gasteiger partial charge in [-0.2, -0.15) is 0 Å². The minimum absolute atomic E-state index is 0.0590. The molecule has 4 rings (SSSR count). The normalized spacial score (nSPS) is 17.6. The molecule has 0 saturated heterocycles. The Labute approximate surface area is 182 Å². The Kier molecular flexibility index (Phi) is 5.93. The third-order valence-corrected chi connectivity index (χ3v) is 7.87. The molecule has 0 aromatic heterocycles. The van der Waals surface area contributed by atoms with Gasteiger partial charge in [-0.25, -0.2) is 0 Å². The minimum atomic E-state index is -0.199. The summed E-state index contributed by atoms with van der Waals surface area (Å²) >= 11 is 0.167. The first-order valence-corrected chi connectivity index (χ1v) is 15.1. The van der Waals surface area contributed by atoms with Crippen molar-refractivity contribution < 1.29 is 21.2 Å². The van der Waals surface area contributed by atoms with E-state index < -0.39 is 0 Å². The zero-order valence-electron chi connectivity index (χ0n) is 15.6. The summed E-state index contributed by atoms with van der Waals surface area (Å²) in [4.78, 5) is 2.32. The molecule has 0 spiro atoms. The van der Waals surface area contributed by atoms with Crippen LogP contribution in [0.4, 0.5) is 0 Å². The zero-order valence-corrected chi connectivity index (χ0v) is 19.9. The summed E-state index contributed by atoms with van der Waals surface area (Å²) < 4.78 is 7.22. The second kappa shape index (κ2) is 8.39. The van der Waals surface area contributed by atoms with Crippen LogP contribution < -0.4 is 21.2 Å². The molecule has 0 amide bonds. The van der Waals surface area contributed by atoms with Gasteiger partial charge in [0, 0.05) is 0 Å². The Morgan fingerprint density at radius 2 is 1.70 bits per heavy atom. The summed E-state index contributed by atoms with van der Waals surface area (Å²) in [7, 11) is 0. The molecule has 0 N–H and O–H groups in total. The van der Waals surface area contributed by atoms with E-state index in [1.807, 2.05) is 0 Å². The zero-order chi connectivity index (χ0) is 18.7. The van der Waals surface area contributed by atoms with Gasteiger partial charge in [0.2, 0.25) is 0 Å². The van der Waals surface area contributed by atoms with Crippen molar-refractivity contribution >= 4 is 24.7 Å². The number of hydrogen-bond acceptors (Lipinski definition) is 0. The Balaban J connectivity index is 2.13. The maximum absolute atomic E-state index is 2.44. The van der Waals surface area contributed by atoms with E-state index in [4.69, 9.17) is 0 Å². The van der Waals surface area contributed by atoms with E-state index in [0.717, 1.165) is 6.42 Å². The van der Waals surface area contributed by atoms with E-state index in [1.54, 1.807) is 0 Å². The summed E-state index contributed by atoms with van der Waals surface area (Å²) in [5.41, 5.74) is 8.24. The van der Waals surface area contributed by atoms with Gasteiger partial charge in [-0.15, -0.1) is 0 Å². The predicted octanol–water partition coefficient (Wildman–Crippen LogP) is 3.75. The third-order valence-electron chi connectivity index (χ3n) is 5.24. The van der Waals surface area contributed by atoms with E-state index >= 15 is 0 Å². The van der Waals surface area contributed by atoms with Crippen LogP contribution in [0.5, 0.6) is 0 Å². The Morgan fingerprint density at radius 1 is 1.04 bits per heavy atom. The summed E-state index contributed by atoms with van der Waals surface area (Å²) in [5, 5.41) is 0. The fourth-order valence-corrected chi connectivity index (χ4v) is 6.45. The van der Waals surface area contributed by atoms with E-state index in [9.17, 15) is 0 Å². The summed E-state index contributed by atoms with van der Waals surface area (Å²) in [6, 6.07) is 18.0. The van der Waals surface area contributed by atoms with Crippen molar-refractivity contribution in [1.29, 1.82) is 0 Å². The molecule has 2 aromatic carbocycles. The van der Waals surface area contributed by atoms with Crippen LogP contribution in [0.2, 0.25) is 0 Å². The fraction of sp³-hybridized carbons (Fsp3) is 0.160. The van der Waals surface area contributed by atoms with Gasteiger partial charge in [0.25, 0.3) is 0 Å². The van der Waals surface area contributed by atoms with Crippen LogP contribution >= 0.6 is 20.7 Å². The summed E-state index contributed by atoms with van der Waals surface area (Å²) in [5.74, 6) is 0. The molecular formula is C25H23I2-. The fourth-order valence-electron chi connectivity index (χ4n) is 4.28. The Bertz CT molecular complexity index is 957. The van der Waals surface area contributed by atoms with Crippen molar-refractivity contribution in [2.24, 2.45) is 0 Å². The van der Waals surface area contributed by atoms with Gasteiger partial charge < -0.3 is 0 Å². The molecule has 0 bridgehead atoms. The number of rotatable bonds is 5. The monoisotopic (exact) mass is 577 g/mol. The molecule has 1 aliphatic heterocycles. The SMILES string of the molecule is CC/C=C(\C=C/[I-]C)C1(C2=CC=IC=C2)c2ccccc2-c2ccccc21. The van der Waals surface area contributed by atoms with Crippen molar-refractivity contribution in [2.75, 3.05) is 4.93 Å². The number of halogens is 2. The van der Waals surface area contributed by atoms with Gasteiger partial charge in [-0.3, -0.25) is 0 Å². The molecule has 2 aromatic rings. The Hall–Kier alpha value is -1.27. The average molecular weight is 577 g/mol. The van der Waals surface area contributed by atoms with Crippen molar-refractivity contribution in [1.82, 2.24) is 0 Å². The standard InChI is InChI=1S/C25H23I2/c1-3-8-19(13-16-26-2)25(20-14-17-27-18-15-20)23-11-6-4-9-21(23)22-10-5-7-12-24(22)25/h4-18H,3H2,1-2H3/q-1/b16-13-,19-8+. The number of fused-ring (bicyclic) bond motifs is 3. The molecule has 1 heterocycles. The average Bonchev–Trinajstić information content (AvgIpc) is 3.03. The van der Waals surface area contributed by atoms with Crippen LogP contribution in [0.3, 0.4) is 0 Å². The van der Waals surface area contributed by atoms with Crippen molar-refractivity contribution in [3.05, 3.63) is 103 Å². The number of benzene rings is 2. The second-order valence-electron chi connectivity index (χ2n) is 6.59. The molecule has 27 heavy (non-hydrogen) atoms. The van der Waals surface area contributed by atoms with Crippen LogP contribution in [-0.4, -0.2) is 8.94 Å². The number of allylic oxidation sites excluding steroid dienone is 6. The van der Waals surface area contributed by atoms with Gasteiger partial charge in [0.15, 0.2) is 0 Å².